The molecule has 0 unspecified atom stereocenters. The van der Waals surface area contributed by atoms with Gasteiger partial charge in [-0.2, -0.15) is 5.10 Å². The second kappa shape index (κ2) is 5.87. The molecular formula is C16H18N6. The number of nitrogens with two attached hydrogens (primary N) is 1. The molecule has 1 aromatic heterocycles. The van der Waals surface area contributed by atoms with Crippen LogP contribution in [-0.4, -0.2) is 30.1 Å². The van der Waals surface area contributed by atoms with Gasteiger partial charge in [0.25, 0.3) is 0 Å². The SMILES string of the molecule is CN=C(NNC)c1ccc2[nH]nc(-c3cccc(N)c3)c2c1. The molecule has 1 heterocycles. The molecular weight excluding hydrogens is 276 g/mol. The predicted octanol–water partition coefficient (Wildman–Crippen LogP) is 1.91. The largest absolute Gasteiger partial charge is 0.399 e. The molecule has 0 atom stereocenters. The summed E-state index contributed by atoms with van der Waals surface area (Å²) in [7, 11) is 3.55. The van der Waals surface area contributed by atoms with Crippen LogP contribution in [0.3, 0.4) is 0 Å². The van der Waals surface area contributed by atoms with Gasteiger partial charge in [0.2, 0.25) is 0 Å². The second-order valence-electron chi connectivity index (χ2n) is 4.91. The highest BCUT2D eigenvalue weighted by atomic mass is 15.4. The molecule has 0 bridgehead atoms. The molecule has 3 aromatic rings. The molecule has 0 aliphatic heterocycles. The van der Waals surface area contributed by atoms with E-state index in [4.69, 9.17) is 5.73 Å². The summed E-state index contributed by atoms with van der Waals surface area (Å²) in [4.78, 5) is 4.25. The zero-order chi connectivity index (χ0) is 15.5. The lowest BCUT2D eigenvalue weighted by atomic mass is 10.0. The number of nitrogen functional groups attached to an aromatic ring is 1. The van der Waals surface area contributed by atoms with E-state index in [0.717, 1.165) is 39.2 Å². The minimum Gasteiger partial charge on any atom is -0.399 e. The Morgan fingerprint density at radius 1 is 1.23 bits per heavy atom. The first-order chi connectivity index (χ1) is 10.7. The highest BCUT2D eigenvalue weighted by Crippen LogP contribution is 2.28. The molecule has 0 radical (unpaired) electrons. The fourth-order valence-electron chi connectivity index (χ4n) is 2.44. The number of hydrazine groups is 1. The van der Waals surface area contributed by atoms with Gasteiger partial charge < -0.3 is 11.2 Å². The molecule has 0 fully saturated rings. The number of benzene rings is 2. The third-order valence-electron chi connectivity index (χ3n) is 3.46. The molecule has 6 nitrogen and oxygen atoms in total. The van der Waals surface area contributed by atoms with Crippen molar-refractivity contribution in [1.82, 2.24) is 21.0 Å². The molecule has 22 heavy (non-hydrogen) atoms. The van der Waals surface area contributed by atoms with Crippen LogP contribution in [0.5, 0.6) is 0 Å². The van der Waals surface area contributed by atoms with E-state index in [9.17, 15) is 0 Å². The smallest absolute Gasteiger partial charge is 0.142 e. The number of hydrogen-bond donors (Lipinski definition) is 4. The molecule has 0 saturated heterocycles. The van der Waals surface area contributed by atoms with Crippen LogP contribution in [-0.2, 0) is 0 Å². The lowest BCUT2D eigenvalue weighted by molar-refractivity contribution is 0.767. The molecule has 2 aromatic carbocycles. The summed E-state index contributed by atoms with van der Waals surface area (Å²) < 4.78 is 0. The van der Waals surface area contributed by atoms with Crippen molar-refractivity contribution in [2.24, 2.45) is 4.99 Å². The first-order valence-electron chi connectivity index (χ1n) is 6.97. The summed E-state index contributed by atoms with van der Waals surface area (Å²) in [5.41, 5.74) is 16.3. The number of H-pyrrole nitrogens is 1. The number of nitrogens with zero attached hydrogens (tertiary/aromatic N) is 2. The second-order valence-corrected chi connectivity index (χ2v) is 4.91. The molecule has 0 amide bonds. The van der Waals surface area contributed by atoms with E-state index in [0.29, 0.717) is 0 Å². The molecule has 3 rings (SSSR count). The summed E-state index contributed by atoms with van der Waals surface area (Å²) in [6, 6.07) is 13.8. The Hall–Kier alpha value is -2.86. The van der Waals surface area contributed by atoms with Gasteiger partial charge in [-0.25, -0.2) is 5.43 Å². The topological polar surface area (TPSA) is 91.1 Å². The van der Waals surface area contributed by atoms with Crippen LogP contribution in [0, 0.1) is 0 Å². The monoisotopic (exact) mass is 294 g/mol. The van der Waals surface area contributed by atoms with Gasteiger partial charge in [-0.05, 0) is 30.3 Å². The summed E-state index contributed by atoms with van der Waals surface area (Å²) in [5.74, 6) is 0.768. The normalized spacial score (nSPS) is 11.8. The van der Waals surface area contributed by atoms with E-state index >= 15 is 0 Å². The quantitative estimate of drug-likeness (QED) is 0.257. The molecule has 0 spiro atoms. The van der Waals surface area contributed by atoms with Crippen molar-refractivity contribution in [2.75, 3.05) is 19.8 Å². The predicted molar refractivity (Wildman–Crippen MR) is 90.6 cm³/mol. The van der Waals surface area contributed by atoms with Gasteiger partial charge in [-0.1, -0.05) is 12.1 Å². The van der Waals surface area contributed by atoms with Gasteiger partial charge in [0, 0.05) is 36.3 Å². The Kier molecular flexibility index (Phi) is 3.76. The number of aliphatic imine (C=N–C) groups is 1. The number of fused-ring (bicyclic) bond motifs is 1. The molecule has 0 saturated carbocycles. The average molecular weight is 294 g/mol. The van der Waals surface area contributed by atoms with Crippen LogP contribution in [0.15, 0.2) is 47.5 Å². The number of amidine groups is 1. The van der Waals surface area contributed by atoms with Gasteiger partial charge in [0.15, 0.2) is 0 Å². The average Bonchev–Trinajstić information content (AvgIpc) is 2.95. The minimum atomic E-state index is 0.720. The maximum atomic E-state index is 5.87. The van der Waals surface area contributed by atoms with E-state index in [-0.39, 0.29) is 0 Å². The Labute approximate surface area is 128 Å². The van der Waals surface area contributed by atoms with E-state index in [2.05, 4.69) is 32.1 Å². The Morgan fingerprint density at radius 2 is 2.09 bits per heavy atom. The highest BCUT2D eigenvalue weighted by molar-refractivity contribution is 6.03. The number of rotatable bonds is 3. The zero-order valence-electron chi connectivity index (χ0n) is 12.5. The number of hydrogen-bond acceptors (Lipinski definition) is 4. The molecule has 5 N–H and O–H groups in total. The first-order valence-corrected chi connectivity index (χ1v) is 6.97. The summed E-state index contributed by atoms with van der Waals surface area (Å²) in [6.45, 7) is 0. The fourth-order valence-corrected chi connectivity index (χ4v) is 2.44. The van der Waals surface area contributed by atoms with Gasteiger partial charge >= 0.3 is 0 Å². The lowest BCUT2D eigenvalue weighted by Gasteiger charge is -2.08. The molecule has 0 aliphatic carbocycles. The number of aromatic nitrogens is 2. The maximum Gasteiger partial charge on any atom is 0.142 e. The first kappa shape index (κ1) is 14.1. The minimum absolute atomic E-state index is 0.720. The van der Waals surface area contributed by atoms with E-state index < -0.39 is 0 Å². The van der Waals surface area contributed by atoms with Crippen molar-refractivity contribution >= 4 is 22.4 Å². The van der Waals surface area contributed by atoms with Crippen molar-refractivity contribution in [3.8, 4) is 11.3 Å². The third-order valence-corrected chi connectivity index (χ3v) is 3.46. The van der Waals surface area contributed by atoms with Crippen molar-refractivity contribution < 1.29 is 0 Å². The fraction of sp³-hybridized carbons (Fsp3) is 0.125. The van der Waals surface area contributed by atoms with E-state index in [1.165, 1.54) is 0 Å². The van der Waals surface area contributed by atoms with Gasteiger partial charge in [0.05, 0.1) is 11.2 Å². The number of anilines is 1. The van der Waals surface area contributed by atoms with Crippen LogP contribution in [0.1, 0.15) is 5.56 Å². The maximum absolute atomic E-state index is 5.87. The molecule has 112 valence electrons. The summed E-state index contributed by atoms with van der Waals surface area (Å²) in [6.07, 6.45) is 0. The van der Waals surface area contributed by atoms with Gasteiger partial charge in [-0.3, -0.25) is 10.1 Å². The number of aromatic amines is 1. The van der Waals surface area contributed by atoms with E-state index in [1.54, 1.807) is 14.1 Å². The zero-order valence-corrected chi connectivity index (χ0v) is 12.5. The van der Waals surface area contributed by atoms with Crippen LogP contribution in [0.2, 0.25) is 0 Å². The van der Waals surface area contributed by atoms with Crippen LogP contribution in [0.25, 0.3) is 22.2 Å². The molecule has 6 heteroatoms. The summed E-state index contributed by atoms with van der Waals surface area (Å²) >= 11 is 0. The van der Waals surface area contributed by atoms with Crippen molar-refractivity contribution in [2.45, 2.75) is 0 Å². The van der Waals surface area contributed by atoms with Crippen molar-refractivity contribution in [3.63, 3.8) is 0 Å². The summed E-state index contributed by atoms with van der Waals surface area (Å²) in [5, 5.41) is 8.51. The third kappa shape index (κ3) is 2.51. The standard InChI is InChI=1S/C16H18N6/c1-18-16(22-19-2)11-6-7-14-13(9-11)15(21-20-14)10-4-3-5-12(17)8-10/h3-9,19H,17H2,1-2H3,(H,18,22)(H,20,21). The molecule has 0 aliphatic rings. The Morgan fingerprint density at radius 3 is 2.82 bits per heavy atom. The van der Waals surface area contributed by atoms with Crippen LogP contribution >= 0.6 is 0 Å². The Bertz CT molecular complexity index is 834. The van der Waals surface area contributed by atoms with Crippen molar-refractivity contribution in [1.29, 1.82) is 0 Å². The lowest BCUT2D eigenvalue weighted by Crippen LogP contribution is -2.34. The Balaban J connectivity index is 2.13. The van der Waals surface area contributed by atoms with E-state index in [1.807, 2.05) is 36.4 Å². The highest BCUT2D eigenvalue weighted by Gasteiger charge is 2.11. The number of nitrogens with one attached hydrogen (secondary N) is 3. The van der Waals surface area contributed by atoms with Crippen LogP contribution in [0.4, 0.5) is 5.69 Å². The van der Waals surface area contributed by atoms with Crippen LogP contribution < -0.4 is 16.6 Å². The van der Waals surface area contributed by atoms with Crippen molar-refractivity contribution in [3.05, 3.63) is 48.0 Å². The van der Waals surface area contributed by atoms with Gasteiger partial charge in [-0.15, -0.1) is 0 Å². The van der Waals surface area contributed by atoms with Gasteiger partial charge in [0.1, 0.15) is 5.84 Å².